The molecule has 138 valence electrons. The van der Waals surface area contributed by atoms with Gasteiger partial charge >= 0.3 is 0 Å². The van der Waals surface area contributed by atoms with Crippen LogP contribution in [0.1, 0.15) is 25.5 Å². The molecule has 0 bridgehead atoms. The van der Waals surface area contributed by atoms with Crippen molar-refractivity contribution in [2.45, 2.75) is 19.8 Å². The highest BCUT2D eigenvalue weighted by Gasteiger charge is 2.40. The molecule has 0 N–H and O–H groups in total. The Hall–Kier alpha value is -1.24. The van der Waals surface area contributed by atoms with Gasteiger partial charge < -0.3 is 14.5 Å². The zero-order valence-electron chi connectivity index (χ0n) is 15.6. The monoisotopic (exact) mass is 345 g/mol. The summed E-state index contributed by atoms with van der Waals surface area (Å²) in [6.45, 7) is 15.6. The molecule has 0 aromatic carbocycles. The lowest BCUT2D eigenvalue weighted by Gasteiger charge is -2.29. The Morgan fingerprint density at radius 3 is 2.36 bits per heavy atom. The lowest BCUT2D eigenvalue weighted by Crippen LogP contribution is -2.41. The fraction of sp³-hybridized carbons (Fsp3) is 0.789. The van der Waals surface area contributed by atoms with Gasteiger partial charge in [0.25, 0.3) is 0 Å². The molecule has 0 spiro atoms. The maximum atomic E-state index is 5.44. The van der Waals surface area contributed by atoms with Crippen molar-refractivity contribution < 1.29 is 4.74 Å². The van der Waals surface area contributed by atoms with Crippen LogP contribution in [0.4, 0.5) is 5.82 Å². The fourth-order valence-electron chi connectivity index (χ4n) is 4.42. The second-order valence-electron chi connectivity index (χ2n) is 8.09. The van der Waals surface area contributed by atoms with E-state index in [1.807, 2.05) is 0 Å². The zero-order valence-corrected chi connectivity index (χ0v) is 15.6. The van der Waals surface area contributed by atoms with Crippen molar-refractivity contribution in [2.24, 2.45) is 11.8 Å². The van der Waals surface area contributed by atoms with Crippen LogP contribution in [0.2, 0.25) is 0 Å². The Balaban J connectivity index is 1.28. The molecule has 0 aliphatic carbocycles. The molecule has 25 heavy (non-hydrogen) atoms. The third-order valence-electron chi connectivity index (χ3n) is 5.99. The van der Waals surface area contributed by atoms with E-state index in [4.69, 9.17) is 4.74 Å². The van der Waals surface area contributed by atoms with Gasteiger partial charge in [-0.2, -0.15) is 0 Å². The van der Waals surface area contributed by atoms with Crippen molar-refractivity contribution in [1.29, 1.82) is 0 Å². The summed E-state index contributed by atoms with van der Waals surface area (Å²) in [6, 6.07) is 2.18. The van der Waals surface area contributed by atoms with Gasteiger partial charge in [0, 0.05) is 64.1 Å². The average molecular weight is 345 g/mol. The second-order valence-corrected chi connectivity index (χ2v) is 8.09. The van der Waals surface area contributed by atoms with E-state index in [2.05, 4.69) is 44.6 Å². The van der Waals surface area contributed by atoms with Gasteiger partial charge in [-0.1, -0.05) is 13.8 Å². The van der Waals surface area contributed by atoms with Crippen LogP contribution in [-0.2, 0) is 4.74 Å². The van der Waals surface area contributed by atoms with Gasteiger partial charge in [0.1, 0.15) is 12.1 Å². The number of aromatic nitrogens is 2. The maximum Gasteiger partial charge on any atom is 0.132 e. The van der Waals surface area contributed by atoms with E-state index >= 15 is 0 Å². The van der Waals surface area contributed by atoms with E-state index in [1.54, 1.807) is 6.33 Å². The van der Waals surface area contributed by atoms with Gasteiger partial charge in [-0.25, -0.2) is 9.97 Å². The molecule has 4 rings (SSSR count). The van der Waals surface area contributed by atoms with Crippen molar-refractivity contribution in [3.8, 4) is 0 Å². The van der Waals surface area contributed by atoms with Crippen molar-refractivity contribution in [3.05, 3.63) is 18.1 Å². The van der Waals surface area contributed by atoms with Crippen LogP contribution in [-0.4, -0.2) is 85.3 Å². The van der Waals surface area contributed by atoms with Gasteiger partial charge in [-0.3, -0.25) is 4.90 Å². The Morgan fingerprint density at radius 2 is 1.68 bits per heavy atom. The molecule has 0 saturated carbocycles. The zero-order chi connectivity index (χ0) is 17.2. The SMILES string of the molecule is CC(C)c1cc(N2CC3CN(CCN4CCOCC4)CC3C2)ncn1. The summed E-state index contributed by atoms with van der Waals surface area (Å²) in [6.07, 6.45) is 1.73. The normalized spacial score (nSPS) is 28.0. The van der Waals surface area contributed by atoms with Crippen LogP contribution >= 0.6 is 0 Å². The van der Waals surface area contributed by atoms with E-state index in [0.29, 0.717) is 5.92 Å². The minimum atomic E-state index is 0.458. The molecule has 2 unspecified atom stereocenters. The number of hydrogen-bond acceptors (Lipinski definition) is 6. The molecule has 3 aliphatic rings. The predicted octanol–water partition coefficient (Wildman–Crippen LogP) is 1.30. The Labute approximate surface area is 151 Å². The molecule has 3 aliphatic heterocycles. The molecule has 1 aromatic rings. The fourth-order valence-corrected chi connectivity index (χ4v) is 4.42. The molecule has 0 amide bonds. The Morgan fingerprint density at radius 1 is 1.00 bits per heavy atom. The third-order valence-corrected chi connectivity index (χ3v) is 5.99. The van der Waals surface area contributed by atoms with Crippen LogP contribution in [0.5, 0.6) is 0 Å². The number of hydrogen-bond donors (Lipinski definition) is 0. The molecule has 6 heteroatoms. The van der Waals surface area contributed by atoms with Crippen LogP contribution in [0, 0.1) is 11.8 Å². The van der Waals surface area contributed by atoms with Crippen molar-refractivity contribution in [1.82, 2.24) is 19.8 Å². The number of ether oxygens (including phenoxy) is 1. The molecule has 3 saturated heterocycles. The second kappa shape index (κ2) is 7.56. The lowest BCUT2D eigenvalue weighted by atomic mass is 10.0. The van der Waals surface area contributed by atoms with Crippen molar-refractivity contribution in [2.75, 3.05) is 70.5 Å². The van der Waals surface area contributed by atoms with Crippen LogP contribution in [0.15, 0.2) is 12.4 Å². The quantitative estimate of drug-likeness (QED) is 0.802. The van der Waals surface area contributed by atoms with E-state index < -0.39 is 0 Å². The molecular formula is C19H31N5O. The summed E-state index contributed by atoms with van der Waals surface area (Å²) in [5.41, 5.74) is 1.15. The molecule has 0 radical (unpaired) electrons. The van der Waals surface area contributed by atoms with Crippen LogP contribution in [0.3, 0.4) is 0 Å². The summed E-state index contributed by atoms with van der Waals surface area (Å²) < 4.78 is 5.44. The Bertz CT molecular complexity index is 561. The van der Waals surface area contributed by atoms with E-state index in [-0.39, 0.29) is 0 Å². The largest absolute Gasteiger partial charge is 0.379 e. The number of nitrogens with zero attached hydrogens (tertiary/aromatic N) is 5. The number of rotatable bonds is 5. The molecule has 4 heterocycles. The smallest absolute Gasteiger partial charge is 0.132 e. The van der Waals surface area contributed by atoms with E-state index in [0.717, 1.165) is 62.7 Å². The molecule has 1 aromatic heterocycles. The van der Waals surface area contributed by atoms with E-state index in [9.17, 15) is 0 Å². The lowest BCUT2D eigenvalue weighted by molar-refractivity contribution is 0.0341. The standard InChI is InChI=1S/C19H31N5O/c1-15(2)18-9-19(21-14-20-18)24-12-16-10-23(11-17(16)13-24)4-3-22-5-7-25-8-6-22/h9,14-17H,3-8,10-13H2,1-2H3. The number of fused-ring (bicyclic) bond motifs is 1. The molecule has 6 nitrogen and oxygen atoms in total. The van der Waals surface area contributed by atoms with Gasteiger partial charge in [-0.15, -0.1) is 0 Å². The van der Waals surface area contributed by atoms with Gasteiger partial charge in [0.2, 0.25) is 0 Å². The summed E-state index contributed by atoms with van der Waals surface area (Å²) in [4.78, 5) is 16.6. The van der Waals surface area contributed by atoms with Crippen molar-refractivity contribution >= 4 is 5.82 Å². The van der Waals surface area contributed by atoms with Crippen LogP contribution < -0.4 is 4.90 Å². The van der Waals surface area contributed by atoms with E-state index in [1.165, 1.54) is 26.2 Å². The first-order chi connectivity index (χ1) is 12.2. The third kappa shape index (κ3) is 3.96. The maximum absolute atomic E-state index is 5.44. The highest BCUT2D eigenvalue weighted by atomic mass is 16.5. The number of morpholine rings is 1. The number of likely N-dealkylation sites (tertiary alicyclic amines) is 1. The predicted molar refractivity (Wildman–Crippen MR) is 99.0 cm³/mol. The van der Waals surface area contributed by atoms with Gasteiger partial charge in [-0.05, 0) is 17.8 Å². The van der Waals surface area contributed by atoms with Crippen LogP contribution in [0.25, 0.3) is 0 Å². The first-order valence-corrected chi connectivity index (χ1v) is 9.78. The average Bonchev–Trinajstić information content (AvgIpc) is 3.19. The summed E-state index contributed by atoms with van der Waals surface area (Å²) in [5, 5.41) is 0. The minimum Gasteiger partial charge on any atom is -0.379 e. The molecular weight excluding hydrogens is 314 g/mol. The first-order valence-electron chi connectivity index (χ1n) is 9.78. The number of anilines is 1. The minimum absolute atomic E-state index is 0.458. The summed E-state index contributed by atoms with van der Waals surface area (Å²) in [5.74, 6) is 3.16. The summed E-state index contributed by atoms with van der Waals surface area (Å²) in [7, 11) is 0. The first kappa shape index (κ1) is 17.2. The topological polar surface area (TPSA) is 44.7 Å². The highest BCUT2D eigenvalue weighted by Crippen LogP contribution is 2.33. The molecule has 3 fully saturated rings. The van der Waals surface area contributed by atoms with Gasteiger partial charge in [0.15, 0.2) is 0 Å². The molecule has 2 atom stereocenters. The van der Waals surface area contributed by atoms with Gasteiger partial charge in [0.05, 0.1) is 13.2 Å². The summed E-state index contributed by atoms with van der Waals surface area (Å²) >= 11 is 0. The Kier molecular flexibility index (Phi) is 5.20. The van der Waals surface area contributed by atoms with Crippen molar-refractivity contribution in [3.63, 3.8) is 0 Å². The highest BCUT2D eigenvalue weighted by molar-refractivity contribution is 5.41.